The number of anilines is 1. The Morgan fingerprint density at radius 2 is 1.86 bits per heavy atom. The molecule has 0 aliphatic carbocycles. The molecular formula is C33H24ClN3O6S. The van der Waals surface area contributed by atoms with E-state index in [1.165, 1.54) is 28.0 Å². The molecule has 0 fully saturated rings. The van der Waals surface area contributed by atoms with Crippen LogP contribution in [0.15, 0.2) is 110 Å². The van der Waals surface area contributed by atoms with Crippen LogP contribution in [0.3, 0.4) is 0 Å². The summed E-state index contributed by atoms with van der Waals surface area (Å²) in [5.74, 6) is -0.0584. The number of aromatic carboxylic acids is 1. The zero-order chi connectivity index (χ0) is 31.0. The van der Waals surface area contributed by atoms with Crippen LogP contribution in [0.5, 0.6) is 5.75 Å². The number of para-hydroxylation sites is 1. The lowest BCUT2D eigenvalue weighted by Gasteiger charge is -2.25. The Morgan fingerprint density at radius 1 is 1.07 bits per heavy atom. The molecule has 0 saturated carbocycles. The van der Waals surface area contributed by atoms with E-state index in [4.69, 9.17) is 20.8 Å². The van der Waals surface area contributed by atoms with Gasteiger partial charge in [-0.3, -0.25) is 14.2 Å². The van der Waals surface area contributed by atoms with Gasteiger partial charge in [0.1, 0.15) is 17.3 Å². The Balaban J connectivity index is 1.43. The van der Waals surface area contributed by atoms with Crippen LogP contribution in [-0.2, 0) is 4.79 Å². The molecule has 44 heavy (non-hydrogen) atoms. The highest BCUT2D eigenvalue weighted by molar-refractivity contribution is 7.07. The van der Waals surface area contributed by atoms with E-state index in [0.717, 1.165) is 0 Å². The van der Waals surface area contributed by atoms with Gasteiger partial charge in [-0.05, 0) is 61.0 Å². The van der Waals surface area contributed by atoms with E-state index >= 15 is 0 Å². The first-order valence-corrected chi connectivity index (χ1v) is 14.6. The van der Waals surface area contributed by atoms with Crippen molar-refractivity contribution >= 4 is 46.6 Å². The standard InChI is InChI=1S/C33H24ClN3O6S/c1-18-28(30(38)36-21-8-4-3-5-9-21)29(20-7-6-10-22(15-20)42-2)37-31(39)27(44-33(37)35-18)17-23-12-14-26(43-23)19-11-13-24(32(40)41)25(34)16-19/h3-17,29H,1-2H3,(H,36,38)(H,40,41)/b27-17-/t29-/m0/s1. The highest BCUT2D eigenvalue weighted by Gasteiger charge is 2.33. The summed E-state index contributed by atoms with van der Waals surface area (Å²) in [7, 11) is 1.56. The van der Waals surface area contributed by atoms with Crippen LogP contribution in [0.2, 0.25) is 5.02 Å². The monoisotopic (exact) mass is 625 g/mol. The maximum Gasteiger partial charge on any atom is 0.337 e. The Bertz CT molecular complexity index is 2150. The number of allylic oxidation sites excluding steroid dienone is 1. The number of fused-ring (bicyclic) bond motifs is 1. The second kappa shape index (κ2) is 11.8. The predicted octanol–water partition coefficient (Wildman–Crippen LogP) is 5.49. The summed E-state index contributed by atoms with van der Waals surface area (Å²) < 4.78 is 13.3. The van der Waals surface area contributed by atoms with Crippen molar-refractivity contribution in [2.75, 3.05) is 12.4 Å². The van der Waals surface area contributed by atoms with Crippen molar-refractivity contribution in [3.8, 4) is 17.1 Å². The van der Waals surface area contributed by atoms with Crippen molar-refractivity contribution in [1.82, 2.24) is 4.57 Å². The second-order valence-electron chi connectivity index (χ2n) is 9.88. The summed E-state index contributed by atoms with van der Waals surface area (Å²) in [4.78, 5) is 44.1. The number of aromatic nitrogens is 1. The Kier molecular flexibility index (Phi) is 7.77. The number of amides is 1. The maximum absolute atomic E-state index is 14.0. The predicted molar refractivity (Wildman–Crippen MR) is 168 cm³/mol. The summed E-state index contributed by atoms with van der Waals surface area (Å²) >= 11 is 7.32. The third-order valence-electron chi connectivity index (χ3n) is 7.09. The number of nitrogens with zero attached hydrogens (tertiary/aromatic N) is 2. The molecule has 6 rings (SSSR count). The molecule has 2 N–H and O–H groups in total. The average Bonchev–Trinajstić information content (AvgIpc) is 3.60. The van der Waals surface area contributed by atoms with Crippen LogP contribution in [0.4, 0.5) is 5.69 Å². The topological polar surface area (TPSA) is 123 Å². The van der Waals surface area contributed by atoms with Gasteiger partial charge in [0.15, 0.2) is 4.80 Å². The number of nitrogens with one attached hydrogen (secondary N) is 1. The van der Waals surface area contributed by atoms with Crippen LogP contribution in [-0.4, -0.2) is 28.7 Å². The molecule has 220 valence electrons. The summed E-state index contributed by atoms with van der Waals surface area (Å²) in [5, 5.41) is 12.3. The number of benzene rings is 3. The third-order valence-corrected chi connectivity index (χ3v) is 8.39. The van der Waals surface area contributed by atoms with Crippen LogP contribution in [0.1, 0.15) is 34.6 Å². The van der Waals surface area contributed by atoms with E-state index in [1.807, 2.05) is 30.3 Å². The smallest absolute Gasteiger partial charge is 0.337 e. The zero-order valence-electron chi connectivity index (χ0n) is 23.4. The lowest BCUT2D eigenvalue weighted by Crippen LogP contribution is -2.40. The quantitative estimate of drug-likeness (QED) is 0.246. The van der Waals surface area contributed by atoms with E-state index in [-0.39, 0.29) is 22.1 Å². The normalized spacial score (nSPS) is 14.6. The molecule has 0 unspecified atom stereocenters. The van der Waals surface area contributed by atoms with Crippen molar-refractivity contribution in [1.29, 1.82) is 0 Å². The minimum atomic E-state index is -1.12. The molecule has 1 atom stereocenters. The van der Waals surface area contributed by atoms with E-state index in [1.54, 1.807) is 62.6 Å². The first-order chi connectivity index (χ1) is 21.2. The van der Waals surface area contributed by atoms with Crippen LogP contribution >= 0.6 is 22.9 Å². The van der Waals surface area contributed by atoms with Crippen LogP contribution < -0.4 is 24.9 Å². The summed E-state index contributed by atoms with van der Waals surface area (Å²) in [6.07, 6.45) is 1.62. The van der Waals surface area contributed by atoms with Gasteiger partial charge in [0.05, 0.1) is 39.5 Å². The molecule has 5 aromatic rings. The van der Waals surface area contributed by atoms with Crippen molar-refractivity contribution in [3.05, 3.63) is 138 Å². The van der Waals surface area contributed by atoms with Gasteiger partial charge in [-0.2, -0.15) is 0 Å². The number of carboxylic acid groups (broad SMARTS) is 1. The maximum atomic E-state index is 14.0. The van der Waals surface area contributed by atoms with Gasteiger partial charge in [0, 0.05) is 17.3 Å². The first kappa shape index (κ1) is 28.9. The van der Waals surface area contributed by atoms with E-state index in [2.05, 4.69) is 10.3 Å². The fourth-order valence-corrected chi connectivity index (χ4v) is 6.30. The fourth-order valence-electron chi connectivity index (χ4n) is 5.02. The van der Waals surface area contributed by atoms with E-state index < -0.39 is 12.0 Å². The third kappa shape index (κ3) is 5.48. The number of furan rings is 1. The number of methoxy groups -OCH3 is 1. The molecule has 3 heterocycles. The number of carbonyl (C=O) groups is 2. The molecule has 0 saturated heterocycles. The van der Waals surface area contributed by atoms with Gasteiger partial charge >= 0.3 is 5.97 Å². The number of carboxylic acids is 1. The van der Waals surface area contributed by atoms with Crippen molar-refractivity contribution < 1.29 is 23.8 Å². The number of halogens is 1. The molecule has 9 nitrogen and oxygen atoms in total. The number of hydrogen-bond acceptors (Lipinski definition) is 7. The van der Waals surface area contributed by atoms with Gasteiger partial charge in [-0.1, -0.05) is 59.3 Å². The van der Waals surface area contributed by atoms with Crippen LogP contribution in [0.25, 0.3) is 17.4 Å². The van der Waals surface area contributed by atoms with Gasteiger partial charge < -0.3 is 19.6 Å². The lowest BCUT2D eigenvalue weighted by molar-refractivity contribution is -0.113. The fraction of sp³-hybridized carbons (Fsp3) is 0.0909. The molecule has 11 heteroatoms. The number of ether oxygens (including phenoxy) is 1. The number of thiazole rings is 1. The molecule has 3 aromatic carbocycles. The largest absolute Gasteiger partial charge is 0.497 e. The number of hydrogen-bond donors (Lipinski definition) is 2. The highest BCUT2D eigenvalue weighted by Crippen LogP contribution is 2.33. The van der Waals surface area contributed by atoms with Crippen LogP contribution in [0, 0.1) is 0 Å². The Morgan fingerprint density at radius 3 is 2.59 bits per heavy atom. The van der Waals surface area contributed by atoms with E-state index in [0.29, 0.717) is 54.7 Å². The van der Waals surface area contributed by atoms with Crippen molar-refractivity contribution in [2.45, 2.75) is 13.0 Å². The van der Waals surface area contributed by atoms with Gasteiger partial charge in [0.25, 0.3) is 11.5 Å². The van der Waals surface area contributed by atoms with Crippen molar-refractivity contribution in [2.24, 2.45) is 4.99 Å². The minimum Gasteiger partial charge on any atom is -0.497 e. The van der Waals surface area contributed by atoms with Gasteiger partial charge in [-0.25, -0.2) is 9.79 Å². The van der Waals surface area contributed by atoms with Crippen molar-refractivity contribution in [3.63, 3.8) is 0 Å². The number of carbonyl (C=O) groups excluding carboxylic acids is 1. The SMILES string of the molecule is COc1cccc([C@H]2C(C(=O)Nc3ccccc3)=C(C)N=c3s/c(=C\c4ccc(-c5ccc(C(=O)O)c(Cl)c5)o4)c(=O)n32)c1. The molecular weight excluding hydrogens is 602 g/mol. The zero-order valence-corrected chi connectivity index (χ0v) is 25.0. The second-order valence-corrected chi connectivity index (χ2v) is 11.3. The minimum absolute atomic E-state index is 0.0130. The molecule has 0 bridgehead atoms. The van der Waals surface area contributed by atoms with E-state index in [9.17, 15) is 19.5 Å². The molecule has 0 spiro atoms. The summed E-state index contributed by atoms with van der Waals surface area (Å²) in [6.45, 7) is 1.75. The summed E-state index contributed by atoms with van der Waals surface area (Å²) in [5.41, 5.74) is 2.36. The van der Waals surface area contributed by atoms with Gasteiger partial charge in [0.2, 0.25) is 0 Å². The first-order valence-electron chi connectivity index (χ1n) is 13.4. The average molecular weight is 626 g/mol. The molecule has 2 aromatic heterocycles. The number of rotatable bonds is 7. The lowest BCUT2D eigenvalue weighted by atomic mass is 9.95. The molecule has 1 amide bonds. The van der Waals surface area contributed by atoms with Gasteiger partial charge in [-0.15, -0.1) is 0 Å². The highest BCUT2D eigenvalue weighted by atomic mass is 35.5. The molecule has 0 radical (unpaired) electrons. The Labute approximate surface area is 259 Å². The Hall–Kier alpha value is -5.19. The summed E-state index contributed by atoms with van der Waals surface area (Å²) in [6, 6.07) is 23.5. The molecule has 1 aliphatic heterocycles. The molecule has 1 aliphatic rings.